The van der Waals surface area contributed by atoms with Crippen LogP contribution >= 0.6 is 23.1 Å². The van der Waals surface area contributed by atoms with E-state index in [9.17, 15) is 0 Å². The van der Waals surface area contributed by atoms with E-state index in [0.29, 0.717) is 11.3 Å². The SMILES string of the molecule is CNC1CCCC1Sc1nnc(N(C)C)s1. The second kappa shape index (κ2) is 5.33. The molecule has 2 rings (SSSR count). The first-order valence-electron chi connectivity index (χ1n) is 5.55. The van der Waals surface area contributed by atoms with Crippen LogP contribution in [0.15, 0.2) is 4.34 Å². The van der Waals surface area contributed by atoms with Gasteiger partial charge in [-0.3, -0.25) is 0 Å². The summed E-state index contributed by atoms with van der Waals surface area (Å²) in [7, 11) is 6.05. The number of hydrogen-bond acceptors (Lipinski definition) is 6. The van der Waals surface area contributed by atoms with E-state index in [0.717, 1.165) is 9.47 Å². The highest BCUT2D eigenvalue weighted by atomic mass is 32.2. The largest absolute Gasteiger partial charge is 0.353 e. The van der Waals surface area contributed by atoms with E-state index >= 15 is 0 Å². The molecule has 0 aliphatic heterocycles. The van der Waals surface area contributed by atoms with Crippen LogP contribution in [0, 0.1) is 0 Å². The zero-order valence-electron chi connectivity index (χ0n) is 9.93. The van der Waals surface area contributed by atoms with Crippen molar-refractivity contribution in [1.29, 1.82) is 0 Å². The molecule has 0 amide bonds. The number of nitrogens with zero attached hydrogens (tertiary/aromatic N) is 3. The van der Waals surface area contributed by atoms with Gasteiger partial charge in [0.1, 0.15) is 0 Å². The molecule has 1 heterocycles. The van der Waals surface area contributed by atoms with Crippen LogP contribution in [0.1, 0.15) is 19.3 Å². The minimum atomic E-state index is 0.636. The van der Waals surface area contributed by atoms with Crippen LogP contribution < -0.4 is 10.2 Å². The van der Waals surface area contributed by atoms with Crippen molar-refractivity contribution < 1.29 is 0 Å². The Labute approximate surface area is 105 Å². The van der Waals surface area contributed by atoms with Crippen LogP contribution in [0.4, 0.5) is 5.13 Å². The van der Waals surface area contributed by atoms with Crippen molar-refractivity contribution in [3.05, 3.63) is 0 Å². The summed E-state index contributed by atoms with van der Waals surface area (Å²) in [5.41, 5.74) is 0. The van der Waals surface area contributed by atoms with Crippen LogP contribution in [0.2, 0.25) is 0 Å². The smallest absolute Gasteiger partial charge is 0.208 e. The van der Waals surface area contributed by atoms with Crippen molar-refractivity contribution in [2.45, 2.75) is 34.9 Å². The van der Waals surface area contributed by atoms with Crippen molar-refractivity contribution in [1.82, 2.24) is 15.5 Å². The maximum atomic E-state index is 4.23. The zero-order valence-corrected chi connectivity index (χ0v) is 11.6. The molecule has 0 bridgehead atoms. The normalized spacial score (nSPS) is 24.9. The third-order valence-corrected chi connectivity index (χ3v) is 5.43. The summed E-state index contributed by atoms with van der Waals surface area (Å²) in [5, 5.41) is 13.4. The molecule has 0 saturated heterocycles. The summed E-state index contributed by atoms with van der Waals surface area (Å²) in [6, 6.07) is 0.636. The summed E-state index contributed by atoms with van der Waals surface area (Å²) >= 11 is 3.56. The van der Waals surface area contributed by atoms with E-state index in [-0.39, 0.29) is 0 Å². The van der Waals surface area contributed by atoms with Gasteiger partial charge >= 0.3 is 0 Å². The van der Waals surface area contributed by atoms with Gasteiger partial charge in [0, 0.05) is 25.4 Å². The maximum Gasteiger partial charge on any atom is 0.208 e. The van der Waals surface area contributed by atoms with Crippen LogP contribution in [0.25, 0.3) is 0 Å². The lowest BCUT2D eigenvalue weighted by molar-refractivity contribution is 0.591. The second-order valence-electron chi connectivity index (χ2n) is 4.23. The van der Waals surface area contributed by atoms with E-state index < -0.39 is 0 Å². The standard InChI is InChI=1S/C10H18N4S2/c1-11-7-5-4-6-8(7)15-10-13-12-9(16-10)14(2)3/h7-8,11H,4-6H2,1-3H3. The second-order valence-corrected chi connectivity index (χ2v) is 6.67. The molecule has 1 N–H and O–H groups in total. The van der Waals surface area contributed by atoms with Gasteiger partial charge in [0.2, 0.25) is 5.13 Å². The Morgan fingerprint density at radius 1 is 1.38 bits per heavy atom. The van der Waals surface area contributed by atoms with Gasteiger partial charge in [0.25, 0.3) is 0 Å². The first kappa shape index (κ1) is 12.1. The quantitative estimate of drug-likeness (QED) is 0.892. The van der Waals surface area contributed by atoms with Gasteiger partial charge in [-0.2, -0.15) is 0 Å². The maximum absolute atomic E-state index is 4.23. The molecule has 1 saturated carbocycles. The molecule has 4 nitrogen and oxygen atoms in total. The first-order chi connectivity index (χ1) is 7.70. The molecular weight excluding hydrogens is 240 g/mol. The minimum Gasteiger partial charge on any atom is -0.353 e. The number of thioether (sulfide) groups is 1. The predicted octanol–water partition coefficient (Wildman–Crippen LogP) is 1.84. The Bertz CT molecular complexity index is 339. The molecule has 2 unspecified atom stereocenters. The Hall–Kier alpha value is -0.330. The molecule has 1 aromatic rings. The highest BCUT2D eigenvalue weighted by Gasteiger charge is 2.27. The van der Waals surface area contributed by atoms with E-state index in [1.54, 1.807) is 11.3 Å². The average Bonchev–Trinajstić information content (AvgIpc) is 2.87. The fourth-order valence-electron chi connectivity index (χ4n) is 1.96. The molecule has 1 aliphatic carbocycles. The lowest BCUT2D eigenvalue weighted by Crippen LogP contribution is -2.30. The fraction of sp³-hybridized carbons (Fsp3) is 0.800. The van der Waals surface area contributed by atoms with Crippen LogP contribution in [0.5, 0.6) is 0 Å². The van der Waals surface area contributed by atoms with Crippen LogP contribution in [-0.2, 0) is 0 Å². The Kier molecular flexibility index (Phi) is 4.05. The van der Waals surface area contributed by atoms with Crippen molar-refractivity contribution in [2.75, 3.05) is 26.0 Å². The monoisotopic (exact) mass is 258 g/mol. The van der Waals surface area contributed by atoms with Gasteiger partial charge in [-0.25, -0.2) is 0 Å². The Morgan fingerprint density at radius 3 is 2.81 bits per heavy atom. The fourth-order valence-corrected chi connectivity index (χ4v) is 4.31. The molecular formula is C10H18N4S2. The molecule has 0 spiro atoms. The molecule has 1 fully saturated rings. The molecule has 6 heteroatoms. The summed E-state index contributed by atoms with van der Waals surface area (Å²) in [6.45, 7) is 0. The van der Waals surface area contributed by atoms with Gasteiger partial charge in [0.05, 0.1) is 0 Å². The number of nitrogens with one attached hydrogen (secondary N) is 1. The molecule has 90 valence electrons. The van der Waals surface area contributed by atoms with Gasteiger partial charge in [-0.1, -0.05) is 29.5 Å². The first-order valence-corrected chi connectivity index (χ1v) is 7.25. The average molecular weight is 258 g/mol. The highest BCUT2D eigenvalue weighted by molar-refractivity contribution is 8.01. The third kappa shape index (κ3) is 2.67. The summed E-state index contributed by atoms with van der Waals surface area (Å²) in [5.74, 6) is 0. The van der Waals surface area contributed by atoms with Crippen molar-refractivity contribution in [2.24, 2.45) is 0 Å². The van der Waals surface area contributed by atoms with Crippen molar-refractivity contribution in [3.8, 4) is 0 Å². The van der Waals surface area contributed by atoms with Crippen LogP contribution in [0.3, 0.4) is 0 Å². The Morgan fingerprint density at radius 2 is 2.19 bits per heavy atom. The van der Waals surface area contributed by atoms with E-state index in [4.69, 9.17) is 0 Å². The number of aromatic nitrogens is 2. The van der Waals surface area contributed by atoms with Crippen molar-refractivity contribution >= 4 is 28.2 Å². The summed E-state index contributed by atoms with van der Waals surface area (Å²) < 4.78 is 1.09. The summed E-state index contributed by atoms with van der Waals surface area (Å²) in [6.07, 6.45) is 3.89. The van der Waals surface area contributed by atoms with E-state index in [2.05, 4.69) is 22.6 Å². The highest BCUT2D eigenvalue weighted by Crippen LogP contribution is 2.37. The zero-order chi connectivity index (χ0) is 11.5. The molecule has 0 radical (unpaired) electrons. The number of rotatable bonds is 4. The molecule has 16 heavy (non-hydrogen) atoms. The summed E-state index contributed by atoms with van der Waals surface area (Å²) in [4.78, 5) is 2.01. The minimum absolute atomic E-state index is 0.636. The molecule has 2 atom stereocenters. The van der Waals surface area contributed by atoms with E-state index in [1.807, 2.05) is 30.8 Å². The lowest BCUT2D eigenvalue weighted by Gasteiger charge is -2.16. The van der Waals surface area contributed by atoms with Crippen molar-refractivity contribution in [3.63, 3.8) is 0 Å². The number of hydrogen-bond donors (Lipinski definition) is 1. The van der Waals surface area contributed by atoms with Gasteiger partial charge in [-0.05, 0) is 19.9 Å². The van der Waals surface area contributed by atoms with Gasteiger partial charge < -0.3 is 10.2 Å². The van der Waals surface area contributed by atoms with Crippen LogP contribution in [-0.4, -0.2) is 42.6 Å². The molecule has 0 aromatic carbocycles. The number of anilines is 1. The van der Waals surface area contributed by atoms with Gasteiger partial charge in [0.15, 0.2) is 4.34 Å². The molecule has 1 aromatic heterocycles. The molecule has 1 aliphatic rings. The topological polar surface area (TPSA) is 41.1 Å². The van der Waals surface area contributed by atoms with E-state index in [1.165, 1.54) is 19.3 Å². The third-order valence-electron chi connectivity index (χ3n) is 2.85. The predicted molar refractivity (Wildman–Crippen MR) is 70.6 cm³/mol. The van der Waals surface area contributed by atoms with Gasteiger partial charge in [-0.15, -0.1) is 10.2 Å². The Balaban J connectivity index is 1.97. The lowest BCUT2D eigenvalue weighted by atomic mass is 10.2.